The van der Waals surface area contributed by atoms with E-state index in [4.69, 9.17) is 15.6 Å². The van der Waals surface area contributed by atoms with Crippen molar-refractivity contribution in [2.75, 3.05) is 13.7 Å². The Hall–Kier alpha value is -1.40. The Balaban J connectivity index is 3.14. The van der Waals surface area contributed by atoms with E-state index in [9.17, 15) is 13.9 Å². The van der Waals surface area contributed by atoms with Gasteiger partial charge in [0.1, 0.15) is 12.6 Å². The van der Waals surface area contributed by atoms with E-state index >= 15 is 0 Å². The first-order valence-electron chi connectivity index (χ1n) is 4.54. The highest BCUT2D eigenvalue weighted by Crippen LogP contribution is 2.38. The summed E-state index contributed by atoms with van der Waals surface area (Å²) >= 11 is 0. The molecule has 0 unspecified atom stereocenters. The molecular weight excluding hydrogens is 220 g/mol. The van der Waals surface area contributed by atoms with Gasteiger partial charge >= 0.3 is 0 Å². The highest BCUT2D eigenvalue weighted by molar-refractivity contribution is 5.47. The molecule has 0 saturated carbocycles. The standard InChI is InChI=1S/C10H13F2NO3/c1-16-7-4-2-3-6(8(7)15)9(13)10(11,12)5-14/h2-4,9,14-15H,5,13H2,1H3/t9-/m1/s1. The Morgan fingerprint density at radius 3 is 2.62 bits per heavy atom. The van der Waals surface area contributed by atoms with E-state index in [-0.39, 0.29) is 11.3 Å². The van der Waals surface area contributed by atoms with Crippen LogP contribution in [-0.4, -0.2) is 29.9 Å². The van der Waals surface area contributed by atoms with Gasteiger partial charge < -0.3 is 20.7 Å². The number of hydrogen-bond acceptors (Lipinski definition) is 4. The molecule has 0 radical (unpaired) electrons. The first-order valence-corrected chi connectivity index (χ1v) is 4.54. The smallest absolute Gasteiger partial charge is 0.289 e. The van der Waals surface area contributed by atoms with Gasteiger partial charge in [0.2, 0.25) is 0 Å². The van der Waals surface area contributed by atoms with Crippen LogP contribution in [0.2, 0.25) is 0 Å². The molecule has 1 aromatic carbocycles. The third-order valence-electron chi connectivity index (χ3n) is 2.25. The second kappa shape index (κ2) is 4.63. The van der Waals surface area contributed by atoms with Crippen molar-refractivity contribution in [3.05, 3.63) is 23.8 Å². The zero-order valence-corrected chi connectivity index (χ0v) is 8.65. The molecule has 0 heterocycles. The van der Waals surface area contributed by atoms with Crippen LogP contribution in [0.3, 0.4) is 0 Å². The molecule has 0 aliphatic heterocycles. The van der Waals surface area contributed by atoms with E-state index in [2.05, 4.69) is 0 Å². The summed E-state index contributed by atoms with van der Waals surface area (Å²) in [6, 6.07) is 2.32. The van der Waals surface area contributed by atoms with Crippen LogP contribution < -0.4 is 10.5 Å². The van der Waals surface area contributed by atoms with Crippen molar-refractivity contribution in [1.29, 1.82) is 0 Å². The van der Waals surface area contributed by atoms with Crippen molar-refractivity contribution >= 4 is 0 Å². The average molecular weight is 233 g/mol. The zero-order valence-electron chi connectivity index (χ0n) is 8.65. The molecule has 4 nitrogen and oxygen atoms in total. The molecule has 0 aliphatic carbocycles. The summed E-state index contributed by atoms with van der Waals surface area (Å²) in [5.74, 6) is -3.88. The van der Waals surface area contributed by atoms with E-state index in [1.54, 1.807) is 0 Å². The predicted molar refractivity (Wildman–Crippen MR) is 53.6 cm³/mol. The van der Waals surface area contributed by atoms with Crippen molar-refractivity contribution in [2.45, 2.75) is 12.0 Å². The fraction of sp³-hybridized carbons (Fsp3) is 0.400. The minimum Gasteiger partial charge on any atom is -0.504 e. The quantitative estimate of drug-likeness (QED) is 0.726. The Morgan fingerprint density at radius 2 is 2.12 bits per heavy atom. The maximum atomic E-state index is 13.1. The number of rotatable bonds is 4. The largest absolute Gasteiger partial charge is 0.504 e. The topological polar surface area (TPSA) is 75.7 Å². The summed E-state index contributed by atoms with van der Waals surface area (Å²) in [7, 11) is 1.30. The number of benzene rings is 1. The number of halogens is 2. The van der Waals surface area contributed by atoms with E-state index in [1.807, 2.05) is 0 Å². The lowest BCUT2D eigenvalue weighted by molar-refractivity contribution is -0.0716. The highest BCUT2D eigenvalue weighted by atomic mass is 19.3. The number of aliphatic hydroxyl groups excluding tert-OH is 1. The lowest BCUT2D eigenvalue weighted by Gasteiger charge is -2.22. The molecule has 16 heavy (non-hydrogen) atoms. The fourth-order valence-electron chi connectivity index (χ4n) is 1.28. The van der Waals surface area contributed by atoms with Crippen molar-refractivity contribution < 1.29 is 23.7 Å². The Kier molecular flexibility index (Phi) is 3.66. The first-order chi connectivity index (χ1) is 7.44. The van der Waals surface area contributed by atoms with Crippen LogP contribution in [0, 0.1) is 0 Å². The number of hydrogen-bond donors (Lipinski definition) is 3. The van der Waals surface area contributed by atoms with Crippen molar-refractivity contribution in [1.82, 2.24) is 0 Å². The SMILES string of the molecule is COc1cccc([C@@H](N)C(F)(F)CO)c1O. The Labute approximate surface area is 91.3 Å². The number of aromatic hydroxyl groups is 1. The molecule has 90 valence electrons. The second-order valence-electron chi connectivity index (χ2n) is 3.29. The summed E-state index contributed by atoms with van der Waals surface area (Å²) in [5, 5.41) is 18.1. The van der Waals surface area contributed by atoms with Crippen LogP contribution in [-0.2, 0) is 0 Å². The van der Waals surface area contributed by atoms with Crippen LogP contribution in [0.5, 0.6) is 11.5 Å². The molecule has 0 amide bonds. The van der Waals surface area contributed by atoms with Crippen LogP contribution in [0.15, 0.2) is 18.2 Å². The summed E-state index contributed by atoms with van der Waals surface area (Å²) in [5.41, 5.74) is 5.11. The van der Waals surface area contributed by atoms with Crippen molar-refractivity contribution in [3.8, 4) is 11.5 Å². The number of phenolic OH excluding ortho intramolecular Hbond substituents is 1. The summed E-state index contributed by atoms with van der Waals surface area (Å²) < 4.78 is 31.0. The number of para-hydroxylation sites is 1. The van der Waals surface area contributed by atoms with Crippen LogP contribution in [0.1, 0.15) is 11.6 Å². The lowest BCUT2D eigenvalue weighted by atomic mass is 10.0. The molecule has 0 saturated heterocycles. The first kappa shape index (κ1) is 12.7. The molecule has 4 N–H and O–H groups in total. The molecular formula is C10H13F2NO3. The Morgan fingerprint density at radius 1 is 1.50 bits per heavy atom. The number of phenols is 1. The minimum atomic E-state index is -3.50. The second-order valence-corrected chi connectivity index (χ2v) is 3.29. The van der Waals surface area contributed by atoms with E-state index in [0.29, 0.717) is 0 Å². The normalized spacial score (nSPS) is 13.6. The van der Waals surface area contributed by atoms with Gasteiger partial charge in [-0.2, -0.15) is 0 Å². The lowest BCUT2D eigenvalue weighted by Crippen LogP contribution is -2.36. The molecule has 0 aromatic heterocycles. The van der Waals surface area contributed by atoms with Gasteiger partial charge in [0.15, 0.2) is 11.5 Å². The summed E-state index contributed by atoms with van der Waals surface area (Å²) in [6.07, 6.45) is 0. The highest BCUT2D eigenvalue weighted by Gasteiger charge is 2.39. The molecule has 0 fully saturated rings. The maximum absolute atomic E-state index is 13.1. The van der Waals surface area contributed by atoms with Gasteiger partial charge in [-0.25, -0.2) is 8.78 Å². The van der Waals surface area contributed by atoms with Gasteiger partial charge in [0, 0.05) is 5.56 Å². The molecule has 0 spiro atoms. The van der Waals surface area contributed by atoms with E-state index in [0.717, 1.165) is 0 Å². The molecule has 1 rings (SSSR count). The van der Waals surface area contributed by atoms with Gasteiger partial charge in [-0.15, -0.1) is 0 Å². The number of methoxy groups -OCH3 is 1. The Bertz CT molecular complexity index is 371. The van der Waals surface area contributed by atoms with Gasteiger partial charge in [0.25, 0.3) is 5.92 Å². The van der Waals surface area contributed by atoms with Gasteiger partial charge in [-0.05, 0) is 6.07 Å². The maximum Gasteiger partial charge on any atom is 0.289 e. The summed E-state index contributed by atoms with van der Waals surface area (Å²) in [6.45, 7) is -1.38. The zero-order chi connectivity index (χ0) is 12.3. The number of nitrogens with two attached hydrogens (primary N) is 1. The van der Waals surface area contributed by atoms with Crippen LogP contribution >= 0.6 is 0 Å². The number of ether oxygens (including phenoxy) is 1. The molecule has 0 bridgehead atoms. The van der Waals surface area contributed by atoms with Gasteiger partial charge in [-0.1, -0.05) is 12.1 Å². The number of aliphatic hydroxyl groups is 1. The summed E-state index contributed by atoms with van der Waals surface area (Å²) in [4.78, 5) is 0. The third-order valence-corrected chi connectivity index (χ3v) is 2.25. The van der Waals surface area contributed by atoms with Crippen LogP contribution in [0.4, 0.5) is 8.78 Å². The predicted octanol–water partition coefficient (Wildman–Crippen LogP) is 1.03. The van der Waals surface area contributed by atoms with Gasteiger partial charge in [-0.3, -0.25) is 0 Å². The van der Waals surface area contributed by atoms with Gasteiger partial charge in [0.05, 0.1) is 7.11 Å². The molecule has 1 aromatic rings. The van der Waals surface area contributed by atoms with Crippen molar-refractivity contribution in [2.24, 2.45) is 5.73 Å². The van der Waals surface area contributed by atoms with Crippen LogP contribution in [0.25, 0.3) is 0 Å². The monoisotopic (exact) mass is 233 g/mol. The molecule has 0 aliphatic rings. The minimum absolute atomic E-state index is 0.0571. The van der Waals surface area contributed by atoms with E-state index < -0.39 is 24.3 Å². The molecule has 6 heteroatoms. The van der Waals surface area contributed by atoms with Crippen molar-refractivity contribution in [3.63, 3.8) is 0 Å². The average Bonchev–Trinajstić information content (AvgIpc) is 2.28. The third kappa shape index (κ3) is 2.23. The fourth-order valence-corrected chi connectivity index (χ4v) is 1.28. The molecule has 1 atom stereocenters. The number of alkyl halides is 2. The van der Waals surface area contributed by atoms with E-state index in [1.165, 1.54) is 25.3 Å².